The Hall–Kier alpha value is -2.15. The van der Waals surface area contributed by atoms with Crippen molar-refractivity contribution in [3.63, 3.8) is 0 Å². The minimum atomic E-state index is -0.204. The van der Waals surface area contributed by atoms with E-state index >= 15 is 0 Å². The molecule has 0 saturated carbocycles. The Labute approximate surface area is 169 Å². The van der Waals surface area contributed by atoms with Gasteiger partial charge < -0.3 is 16.0 Å². The van der Waals surface area contributed by atoms with Crippen molar-refractivity contribution in [2.24, 2.45) is 0 Å². The maximum atomic E-state index is 12.5. The van der Waals surface area contributed by atoms with Gasteiger partial charge >= 0.3 is 0 Å². The van der Waals surface area contributed by atoms with Crippen molar-refractivity contribution in [3.05, 3.63) is 64.1 Å². The molecule has 144 valence electrons. The molecule has 0 aliphatic carbocycles. The Bertz CT molecular complexity index is 815. The van der Waals surface area contributed by atoms with Crippen LogP contribution in [0.15, 0.2) is 47.4 Å². The van der Waals surface area contributed by atoms with Crippen molar-refractivity contribution in [2.45, 2.75) is 19.8 Å². The number of aryl methyl sites for hydroxylation is 1. The van der Waals surface area contributed by atoms with Gasteiger partial charge in [0, 0.05) is 18.7 Å². The summed E-state index contributed by atoms with van der Waals surface area (Å²) in [6.07, 6.45) is 3.99. The molecule has 2 aromatic rings. The molecule has 0 saturated heterocycles. The Balaban J connectivity index is 0.00000261. The van der Waals surface area contributed by atoms with Crippen LogP contribution in [0.2, 0.25) is 0 Å². The SMILES string of the molecule is CCc1ccc(C(=O)Nc2sccc2C(=O)NCC2=CCNCC2)cc1.Cl. The standard InChI is InChI=1S/C20H23N3O2S.ClH/c1-2-14-3-5-16(6-4-14)18(24)23-20-17(9-12-26-20)19(25)22-13-15-7-10-21-11-8-15;/h3-7,9,12,21H,2,8,10-11,13H2,1H3,(H,22,25)(H,23,24);1H. The lowest BCUT2D eigenvalue weighted by atomic mass is 10.1. The van der Waals surface area contributed by atoms with Gasteiger partial charge in [-0.05, 0) is 48.5 Å². The van der Waals surface area contributed by atoms with Crippen molar-refractivity contribution < 1.29 is 9.59 Å². The zero-order valence-electron chi connectivity index (χ0n) is 15.2. The predicted octanol–water partition coefficient (Wildman–Crippen LogP) is 3.63. The van der Waals surface area contributed by atoms with E-state index < -0.39 is 0 Å². The quantitative estimate of drug-likeness (QED) is 0.642. The van der Waals surface area contributed by atoms with Gasteiger partial charge in [0.05, 0.1) is 5.56 Å². The van der Waals surface area contributed by atoms with E-state index in [2.05, 4.69) is 29.0 Å². The number of amides is 2. The lowest BCUT2D eigenvalue weighted by Crippen LogP contribution is -2.30. The zero-order valence-corrected chi connectivity index (χ0v) is 16.8. The first-order valence-electron chi connectivity index (χ1n) is 8.82. The van der Waals surface area contributed by atoms with Crippen LogP contribution in [-0.2, 0) is 6.42 Å². The van der Waals surface area contributed by atoms with Gasteiger partial charge in [-0.15, -0.1) is 23.7 Å². The summed E-state index contributed by atoms with van der Waals surface area (Å²) in [6.45, 7) is 4.41. The van der Waals surface area contributed by atoms with E-state index in [1.54, 1.807) is 6.07 Å². The molecule has 1 aliphatic heterocycles. The number of carbonyl (C=O) groups is 2. The maximum absolute atomic E-state index is 12.5. The summed E-state index contributed by atoms with van der Waals surface area (Å²) in [4.78, 5) is 24.9. The minimum Gasteiger partial charge on any atom is -0.348 e. The largest absolute Gasteiger partial charge is 0.348 e. The Kier molecular flexibility index (Phi) is 8.03. The van der Waals surface area contributed by atoms with Gasteiger partial charge in [-0.1, -0.05) is 30.7 Å². The van der Waals surface area contributed by atoms with E-state index in [0.717, 1.165) is 25.9 Å². The highest BCUT2D eigenvalue weighted by molar-refractivity contribution is 7.14. The Morgan fingerprint density at radius 2 is 1.93 bits per heavy atom. The zero-order chi connectivity index (χ0) is 18.4. The Morgan fingerprint density at radius 3 is 2.59 bits per heavy atom. The van der Waals surface area contributed by atoms with E-state index in [9.17, 15) is 9.59 Å². The predicted molar refractivity (Wildman–Crippen MR) is 113 cm³/mol. The lowest BCUT2D eigenvalue weighted by Gasteiger charge is -2.14. The van der Waals surface area contributed by atoms with Gasteiger partial charge in [0.25, 0.3) is 11.8 Å². The van der Waals surface area contributed by atoms with Crippen LogP contribution in [-0.4, -0.2) is 31.4 Å². The van der Waals surface area contributed by atoms with E-state index in [-0.39, 0.29) is 24.2 Å². The fourth-order valence-corrected chi connectivity index (χ4v) is 3.55. The fourth-order valence-electron chi connectivity index (χ4n) is 2.77. The van der Waals surface area contributed by atoms with E-state index in [0.29, 0.717) is 22.7 Å². The molecule has 27 heavy (non-hydrogen) atoms. The molecule has 0 spiro atoms. The molecule has 1 aromatic heterocycles. The van der Waals surface area contributed by atoms with Gasteiger partial charge in [-0.25, -0.2) is 0 Å². The molecule has 1 aliphatic rings. The summed E-state index contributed by atoms with van der Waals surface area (Å²) in [5.74, 6) is -0.368. The van der Waals surface area contributed by atoms with E-state index in [4.69, 9.17) is 0 Å². The summed E-state index contributed by atoms with van der Waals surface area (Å²) in [5, 5.41) is 11.4. The highest BCUT2D eigenvalue weighted by atomic mass is 35.5. The van der Waals surface area contributed by atoms with Crippen LogP contribution >= 0.6 is 23.7 Å². The highest BCUT2D eigenvalue weighted by Gasteiger charge is 2.16. The number of benzene rings is 1. The number of hydrogen-bond acceptors (Lipinski definition) is 4. The number of thiophene rings is 1. The average Bonchev–Trinajstić information content (AvgIpc) is 3.15. The van der Waals surface area contributed by atoms with Gasteiger partial charge in [-0.2, -0.15) is 0 Å². The van der Waals surface area contributed by atoms with Crippen molar-refractivity contribution >= 4 is 40.6 Å². The average molecular weight is 406 g/mol. The molecule has 1 aromatic carbocycles. The molecule has 0 fully saturated rings. The number of hydrogen-bond donors (Lipinski definition) is 3. The van der Waals surface area contributed by atoms with Crippen molar-refractivity contribution in [1.29, 1.82) is 0 Å². The molecule has 0 radical (unpaired) electrons. The summed E-state index contributed by atoms with van der Waals surface area (Å²) in [7, 11) is 0. The number of nitrogens with one attached hydrogen (secondary N) is 3. The molecule has 5 nitrogen and oxygen atoms in total. The first kappa shape index (κ1) is 21.2. The van der Waals surface area contributed by atoms with Crippen LogP contribution in [0.5, 0.6) is 0 Å². The lowest BCUT2D eigenvalue weighted by molar-refractivity contribution is 0.0958. The summed E-state index contributed by atoms with van der Waals surface area (Å²) < 4.78 is 0. The van der Waals surface area contributed by atoms with Gasteiger partial charge in [0.2, 0.25) is 0 Å². The van der Waals surface area contributed by atoms with Crippen LogP contribution < -0.4 is 16.0 Å². The smallest absolute Gasteiger partial charge is 0.256 e. The van der Waals surface area contributed by atoms with Crippen molar-refractivity contribution in [3.8, 4) is 0 Å². The maximum Gasteiger partial charge on any atom is 0.256 e. The number of anilines is 1. The first-order valence-corrected chi connectivity index (χ1v) is 9.70. The fraction of sp³-hybridized carbons (Fsp3) is 0.300. The van der Waals surface area contributed by atoms with Crippen LogP contribution in [0.4, 0.5) is 5.00 Å². The summed E-state index contributed by atoms with van der Waals surface area (Å²) in [6, 6.07) is 9.26. The Morgan fingerprint density at radius 1 is 1.15 bits per heavy atom. The molecule has 2 heterocycles. The summed E-state index contributed by atoms with van der Waals surface area (Å²) >= 11 is 1.35. The molecular weight excluding hydrogens is 382 g/mol. The second-order valence-electron chi connectivity index (χ2n) is 6.17. The summed E-state index contributed by atoms with van der Waals surface area (Å²) in [5.41, 5.74) is 3.50. The normalized spacial score (nSPS) is 13.3. The van der Waals surface area contributed by atoms with Crippen LogP contribution in [0.3, 0.4) is 0 Å². The molecule has 3 rings (SSSR count). The van der Waals surface area contributed by atoms with E-state index in [1.165, 1.54) is 22.5 Å². The molecule has 0 bridgehead atoms. The second kappa shape index (κ2) is 10.3. The van der Waals surface area contributed by atoms with E-state index in [1.807, 2.05) is 29.6 Å². The molecule has 0 unspecified atom stereocenters. The van der Waals surface area contributed by atoms with Gasteiger partial charge in [0.15, 0.2) is 0 Å². The van der Waals surface area contributed by atoms with Gasteiger partial charge in [0.1, 0.15) is 5.00 Å². The third kappa shape index (κ3) is 5.66. The molecule has 0 atom stereocenters. The topological polar surface area (TPSA) is 70.2 Å². The van der Waals surface area contributed by atoms with Crippen LogP contribution in [0.25, 0.3) is 0 Å². The van der Waals surface area contributed by atoms with Crippen molar-refractivity contribution in [1.82, 2.24) is 10.6 Å². The molecule has 2 amide bonds. The van der Waals surface area contributed by atoms with Gasteiger partial charge in [-0.3, -0.25) is 9.59 Å². The van der Waals surface area contributed by atoms with Crippen molar-refractivity contribution in [2.75, 3.05) is 25.0 Å². The number of rotatable bonds is 6. The van der Waals surface area contributed by atoms with Crippen LogP contribution in [0, 0.1) is 0 Å². The number of carbonyl (C=O) groups excluding carboxylic acids is 2. The third-order valence-electron chi connectivity index (χ3n) is 4.40. The van der Waals surface area contributed by atoms with Crippen LogP contribution in [0.1, 0.15) is 39.6 Å². The molecule has 7 heteroatoms. The molecular formula is C20H24ClN3O2S. The number of halogens is 1. The third-order valence-corrected chi connectivity index (χ3v) is 5.23. The second-order valence-corrected chi connectivity index (χ2v) is 7.08. The molecule has 3 N–H and O–H groups in total. The highest BCUT2D eigenvalue weighted by Crippen LogP contribution is 2.24. The first-order chi connectivity index (χ1) is 12.7. The minimum absolute atomic E-state index is 0. The monoisotopic (exact) mass is 405 g/mol.